The zero-order chi connectivity index (χ0) is 16.7. The van der Waals surface area contributed by atoms with Gasteiger partial charge in [0.05, 0.1) is 12.7 Å². The van der Waals surface area contributed by atoms with Gasteiger partial charge in [0.15, 0.2) is 0 Å². The fraction of sp³-hybridized carbons (Fsp3) is 0.111. The van der Waals surface area contributed by atoms with Crippen molar-refractivity contribution < 1.29 is 14.3 Å². The molecule has 0 saturated heterocycles. The van der Waals surface area contributed by atoms with Gasteiger partial charge in [-0.15, -0.1) is 0 Å². The van der Waals surface area contributed by atoms with Crippen LogP contribution in [-0.2, 0) is 4.74 Å². The van der Waals surface area contributed by atoms with Crippen LogP contribution >= 0.6 is 0 Å². The van der Waals surface area contributed by atoms with Crippen molar-refractivity contribution >= 4 is 23.8 Å². The molecule has 0 radical (unpaired) electrons. The molecular formula is C18H18N2O3. The molecule has 0 aliphatic rings. The number of methoxy groups -OCH3 is 1. The molecule has 2 N–H and O–H groups in total. The highest BCUT2D eigenvalue weighted by atomic mass is 16.5. The van der Waals surface area contributed by atoms with E-state index in [4.69, 9.17) is 0 Å². The molecule has 0 saturated carbocycles. The van der Waals surface area contributed by atoms with E-state index in [0.717, 1.165) is 5.56 Å². The number of rotatable bonds is 4. The Labute approximate surface area is 135 Å². The molecule has 5 nitrogen and oxygen atoms in total. The molecule has 0 aliphatic carbocycles. The molecule has 0 aromatic heterocycles. The van der Waals surface area contributed by atoms with Crippen LogP contribution in [0.3, 0.4) is 0 Å². The van der Waals surface area contributed by atoms with Gasteiger partial charge in [0.25, 0.3) is 0 Å². The van der Waals surface area contributed by atoms with Gasteiger partial charge in [0.1, 0.15) is 0 Å². The minimum Gasteiger partial charge on any atom is -0.465 e. The molecule has 0 aliphatic heterocycles. The predicted octanol–water partition coefficient (Wildman–Crippen LogP) is 3.57. The van der Waals surface area contributed by atoms with E-state index in [1.54, 1.807) is 36.5 Å². The average Bonchev–Trinajstić information content (AvgIpc) is 2.56. The van der Waals surface area contributed by atoms with Crippen molar-refractivity contribution in [2.45, 2.75) is 6.92 Å². The highest BCUT2D eigenvalue weighted by Crippen LogP contribution is 2.11. The van der Waals surface area contributed by atoms with E-state index in [1.165, 1.54) is 12.7 Å². The lowest BCUT2D eigenvalue weighted by atomic mass is 10.1. The minimum atomic E-state index is -0.451. The summed E-state index contributed by atoms with van der Waals surface area (Å²) >= 11 is 0. The first-order valence-electron chi connectivity index (χ1n) is 7.07. The van der Waals surface area contributed by atoms with Crippen LogP contribution < -0.4 is 10.6 Å². The largest absolute Gasteiger partial charge is 0.465 e. The van der Waals surface area contributed by atoms with Gasteiger partial charge < -0.3 is 15.4 Å². The fourth-order valence-corrected chi connectivity index (χ4v) is 1.90. The Kier molecular flexibility index (Phi) is 5.52. The van der Waals surface area contributed by atoms with Crippen LogP contribution in [0.5, 0.6) is 0 Å². The second-order valence-electron chi connectivity index (χ2n) is 4.91. The van der Waals surface area contributed by atoms with Crippen molar-refractivity contribution in [2.75, 3.05) is 12.4 Å². The molecule has 0 unspecified atom stereocenters. The molecule has 0 heterocycles. The van der Waals surface area contributed by atoms with Crippen LogP contribution in [0.4, 0.5) is 10.5 Å². The van der Waals surface area contributed by atoms with E-state index < -0.39 is 12.0 Å². The zero-order valence-corrected chi connectivity index (χ0v) is 13.0. The highest BCUT2D eigenvalue weighted by Gasteiger charge is 2.06. The van der Waals surface area contributed by atoms with Crippen LogP contribution in [0.1, 0.15) is 21.5 Å². The summed E-state index contributed by atoms with van der Waals surface area (Å²) in [5, 5.41) is 5.26. The van der Waals surface area contributed by atoms with Crippen molar-refractivity contribution in [3.63, 3.8) is 0 Å². The molecule has 0 fully saturated rings. The Balaban J connectivity index is 1.92. The summed E-state index contributed by atoms with van der Waals surface area (Å²) < 4.78 is 4.64. The van der Waals surface area contributed by atoms with Gasteiger partial charge in [0, 0.05) is 11.9 Å². The monoisotopic (exact) mass is 310 g/mol. The number of amides is 2. The summed E-state index contributed by atoms with van der Waals surface area (Å²) in [6.07, 6.45) is 3.36. The molecular weight excluding hydrogens is 292 g/mol. The SMILES string of the molecule is COC(=O)c1cccc(NC(=O)N/C=C/c2ccc(C)cc2)c1. The van der Waals surface area contributed by atoms with Gasteiger partial charge >= 0.3 is 12.0 Å². The second kappa shape index (κ2) is 7.79. The Morgan fingerprint density at radius 3 is 2.52 bits per heavy atom. The van der Waals surface area contributed by atoms with E-state index in [-0.39, 0.29) is 0 Å². The molecule has 0 spiro atoms. The number of hydrogen-bond acceptors (Lipinski definition) is 3. The van der Waals surface area contributed by atoms with E-state index in [9.17, 15) is 9.59 Å². The maximum Gasteiger partial charge on any atom is 0.337 e. The fourth-order valence-electron chi connectivity index (χ4n) is 1.90. The lowest BCUT2D eigenvalue weighted by Crippen LogP contribution is -2.23. The first kappa shape index (κ1) is 16.3. The molecule has 2 amide bonds. The van der Waals surface area contributed by atoms with Gasteiger partial charge in [0.2, 0.25) is 0 Å². The molecule has 5 heteroatoms. The third-order valence-electron chi connectivity index (χ3n) is 3.11. The van der Waals surface area contributed by atoms with E-state index in [2.05, 4.69) is 15.4 Å². The van der Waals surface area contributed by atoms with Gasteiger partial charge in [-0.05, 0) is 36.8 Å². The summed E-state index contributed by atoms with van der Waals surface area (Å²) in [5.74, 6) is -0.451. The number of esters is 1. The lowest BCUT2D eigenvalue weighted by Gasteiger charge is -2.06. The van der Waals surface area contributed by atoms with Gasteiger partial charge in [-0.1, -0.05) is 35.9 Å². The number of ether oxygens (including phenoxy) is 1. The maximum absolute atomic E-state index is 11.8. The lowest BCUT2D eigenvalue weighted by molar-refractivity contribution is 0.0600. The Morgan fingerprint density at radius 1 is 1.09 bits per heavy atom. The first-order chi connectivity index (χ1) is 11.1. The maximum atomic E-state index is 11.8. The summed E-state index contributed by atoms with van der Waals surface area (Å²) in [6.45, 7) is 2.02. The van der Waals surface area contributed by atoms with Crippen LogP contribution in [0.15, 0.2) is 54.7 Å². The number of anilines is 1. The Hall–Kier alpha value is -3.08. The average molecular weight is 310 g/mol. The van der Waals surface area contributed by atoms with Crippen molar-refractivity contribution in [1.82, 2.24) is 5.32 Å². The topological polar surface area (TPSA) is 67.4 Å². The predicted molar refractivity (Wildman–Crippen MR) is 90.1 cm³/mol. The molecule has 0 atom stereocenters. The van der Waals surface area contributed by atoms with Crippen LogP contribution in [0, 0.1) is 6.92 Å². The van der Waals surface area contributed by atoms with Gasteiger partial charge in [-0.2, -0.15) is 0 Å². The number of benzene rings is 2. The summed E-state index contributed by atoms with van der Waals surface area (Å²) in [4.78, 5) is 23.3. The van der Waals surface area contributed by atoms with Crippen LogP contribution in [-0.4, -0.2) is 19.1 Å². The smallest absolute Gasteiger partial charge is 0.337 e. The Bertz CT molecular complexity index is 721. The quantitative estimate of drug-likeness (QED) is 0.848. The van der Waals surface area contributed by atoms with Crippen molar-refractivity contribution in [2.24, 2.45) is 0 Å². The number of hydrogen-bond donors (Lipinski definition) is 2. The van der Waals surface area contributed by atoms with E-state index >= 15 is 0 Å². The van der Waals surface area contributed by atoms with Crippen LogP contribution in [0.25, 0.3) is 6.08 Å². The Morgan fingerprint density at radius 2 is 1.83 bits per heavy atom. The van der Waals surface area contributed by atoms with E-state index in [1.807, 2.05) is 31.2 Å². The molecule has 23 heavy (non-hydrogen) atoms. The number of urea groups is 1. The van der Waals surface area contributed by atoms with Crippen molar-refractivity contribution in [3.8, 4) is 0 Å². The second-order valence-corrected chi connectivity index (χ2v) is 4.91. The number of carbonyl (C=O) groups is 2. The summed E-state index contributed by atoms with van der Waals surface area (Å²) in [7, 11) is 1.31. The normalized spacial score (nSPS) is 10.3. The third kappa shape index (κ3) is 5.00. The number of carbonyl (C=O) groups excluding carboxylic acids is 2. The molecule has 0 bridgehead atoms. The van der Waals surface area contributed by atoms with Crippen LogP contribution in [0.2, 0.25) is 0 Å². The number of aryl methyl sites for hydroxylation is 1. The van der Waals surface area contributed by atoms with Crippen molar-refractivity contribution in [3.05, 3.63) is 71.4 Å². The van der Waals surface area contributed by atoms with Crippen molar-refractivity contribution in [1.29, 1.82) is 0 Å². The van der Waals surface area contributed by atoms with Gasteiger partial charge in [-0.3, -0.25) is 0 Å². The molecule has 2 rings (SSSR count). The summed E-state index contributed by atoms with van der Waals surface area (Å²) in [6, 6.07) is 14.1. The minimum absolute atomic E-state index is 0.375. The first-order valence-corrected chi connectivity index (χ1v) is 7.07. The van der Waals surface area contributed by atoms with Gasteiger partial charge in [-0.25, -0.2) is 9.59 Å². The summed E-state index contributed by atoms with van der Waals surface area (Å²) in [5.41, 5.74) is 3.05. The highest BCUT2D eigenvalue weighted by molar-refractivity contribution is 5.94. The molecule has 118 valence electrons. The molecule has 2 aromatic carbocycles. The zero-order valence-electron chi connectivity index (χ0n) is 13.0. The standard InChI is InChI=1S/C18H18N2O3/c1-13-6-8-14(9-7-13)10-11-19-18(22)20-16-5-3-4-15(12-16)17(21)23-2/h3-12H,1-2H3,(H2,19,20,22)/b11-10+. The van der Waals surface area contributed by atoms with E-state index in [0.29, 0.717) is 11.3 Å². The third-order valence-corrected chi connectivity index (χ3v) is 3.11. The molecule has 2 aromatic rings. The number of nitrogens with one attached hydrogen (secondary N) is 2.